The van der Waals surface area contributed by atoms with Crippen LogP contribution in [0.1, 0.15) is 29.2 Å². The van der Waals surface area contributed by atoms with Crippen LogP contribution in [0, 0.1) is 12.7 Å². The van der Waals surface area contributed by atoms with Gasteiger partial charge in [0.15, 0.2) is 11.6 Å². The number of nitrogens with zero attached hydrogens (tertiary/aromatic N) is 1. The Morgan fingerprint density at radius 1 is 1.25 bits per heavy atom. The van der Waals surface area contributed by atoms with E-state index in [0.29, 0.717) is 6.42 Å². The maximum Gasteiger partial charge on any atom is 0.438 e. The van der Waals surface area contributed by atoms with Crippen molar-refractivity contribution in [1.29, 1.82) is 0 Å². The van der Waals surface area contributed by atoms with Crippen LogP contribution in [0.25, 0.3) is 0 Å². The number of rotatable bonds is 5. The normalized spacial score (nSPS) is 11.3. The number of aryl methyl sites for hydroxylation is 2. The fraction of sp³-hybridized carbons (Fsp3) is 0.316. The van der Waals surface area contributed by atoms with Crippen molar-refractivity contribution in [2.45, 2.75) is 33.1 Å². The summed E-state index contributed by atoms with van der Waals surface area (Å²) in [6.45, 7) is 2.84. The molecule has 0 unspecified atom stereocenters. The Labute approximate surface area is 159 Å². The first-order valence-electron chi connectivity index (χ1n) is 8.28. The summed E-state index contributed by atoms with van der Waals surface area (Å²) in [7, 11) is 0.961. The Balaban J connectivity index is 2.46. The highest BCUT2D eigenvalue weighted by Crippen LogP contribution is 2.37. The molecule has 0 bridgehead atoms. The molecule has 2 aromatic carbocycles. The number of halogens is 4. The van der Waals surface area contributed by atoms with Crippen LogP contribution in [0.2, 0.25) is 0 Å². The smallest absolute Gasteiger partial charge is 0.438 e. The quantitative estimate of drug-likeness (QED) is 0.422. The van der Waals surface area contributed by atoms with Gasteiger partial charge in [-0.3, -0.25) is 5.21 Å². The zero-order valence-electron chi connectivity index (χ0n) is 15.4. The molecule has 2 rings (SSSR count). The van der Waals surface area contributed by atoms with E-state index in [9.17, 15) is 27.6 Å². The molecule has 0 atom stereocenters. The first kappa shape index (κ1) is 21.5. The van der Waals surface area contributed by atoms with Gasteiger partial charge < -0.3 is 9.47 Å². The van der Waals surface area contributed by atoms with Gasteiger partial charge in [0.25, 0.3) is 0 Å². The van der Waals surface area contributed by atoms with E-state index in [1.165, 1.54) is 12.1 Å². The van der Waals surface area contributed by atoms with E-state index in [1.807, 2.05) is 6.92 Å². The van der Waals surface area contributed by atoms with Gasteiger partial charge in [-0.05, 0) is 48.7 Å². The summed E-state index contributed by atoms with van der Waals surface area (Å²) in [4.78, 5) is 11.5. The van der Waals surface area contributed by atoms with E-state index in [0.717, 1.165) is 36.4 Å². The third-order valence-electron chi connectivity index (χ3n) is 4.18. The van der Waals surface area contributed by atoms with E-state index in [2.05, 4.69) is 4.74 Å². The number of hydrogen-bond acceptors (Lipinski definition) is 4. The van der Waals surface area contributed by atoms with Gasteiger partial charge in [-0.2, -0.15) is 18.2 Å². The van der Waals surface area contributed by atoms with Crippen LogP contribution in [-0.4, -0.2) is 18.4 Å². The number of amides is 1. The molecule has 0 aliphatic heterocycles. The highest BCUT2D eigenvalue weighted by Gasteiger charge is 2.36. The van der Waals surface area contributed by atoms with Crippen LogP contribution in [-0.2, 0) is 23.9 Å². The molecular formula is C19H19F4NO4. The number of carbonyl (C=O) groups excluding carboxylic acids is 1. The molecule has 0 saturated carbocycles. The maximum atomic E-state index is 14.2. The zero-order chi connectivity index (χ0) is 21.1. The highest BCUT2D eigenvalue weighted by molar-refractivity contribution is 5.86. The molecule has 0 aromatic heterocycles. The lowest BCUT2D eigenvalue weighted by Gasteiger charge is -2.21. The van der Waals surface area contributed by atoms with Crippen molar-refractivity contribution >= 4 is 11.8 Å². The molecule has 152 valence electrons. The molecule has 9 heteroatoms. The van der Waals surface area contributed by atoms with E-state index in [1.54, 1.807) is 6.92 Å². The Hall–Kier alpha value is -2.81. The minimum absolute atomic E-state index is 0.0598. The summed E-state index contributed by atoms with van der Waals surface area (Å²) in [6.07, 6.45) is -5.48. The Morgan fingerprint density at radius 2 is 1.93 bits per heavy atom. The van der Waals surface area contributed by atoms with Crippen LogP contribution in [0.15, 0.2) is 30.3 Å². The number of hydroxylamine groups is 1. The van der Waals surface area contributed by atoms with Crippen molar-refractivity contribution in [2.24, 2.45) is 0 Å². The first-order valence-corrected chi connectivity index (χ1v) is 8.28. The predicted octanol–water partition coefficient (Wildman–Crippen LogP) is 5.26. The highest BCUT2D eigenvalue weighted by atomic mass is 19.4. The summed E-state index contributed by atoms with van der Waals surface area (Å²) in [6, 6.07) is 5.53. The van der Waals surface area contributed by atoms with Gasteiger partial charge in [0.1, 0.15) is 6.61 Å². The molecule has 0 aliphatic rings. The minimum atomic E-state index is -4.79. The van der Waals surface area contributed by atoms with Crippen molar-refractivity contribution in [3.8, 4) is 5.75 Å². The first-order chi connectivity index (χ1) is 13.1. The molecule has 0 radical (unpaired) electrons. The van der Waals surface area contributed by atoms with Crippen molar-refractivity contribution in [1.82, 2.24) is 0 Å². The van der Waals surface area contributed by atoms with Gasteiger partial charge in [0, 0.05) is 5.56 Å². The number of anilines is 1. The SMILES string of the molecule is CCc1cc(F)c(OCc2c(N(O)C(=O)OC)cccc2C(F)(F)F)cc1C. The van der Waals surface area contributed by atoms with Gasteiger partial charge in [0.2, 0.25) is 0 Å². The van der Waals surface area contributed by atoms with Gasteiger partial charge in [-0.1, -0.05) is 13.0 Å². The maximum absolute atomic E-state index is 14.2. The van der Waals surface area contributed by atoms with Crippen LogP contribution >= 0.6 is 0 Å². The second kappa shape index (κ2) is 8.47. The summed E-state index contributed by atoms with van der Waals surface area (Å²) in [5, 5.41) is 9.83. The molecule has 0 spiro atoms. The van der Waals surface area contributed by atoms with Crippen molar-refractivity contribution in [3.63, 3.8) is 0 Å². The molecule has 0 aliphatic carbocycles. The molecule has 5 nitrogen and oxygen atoms in total. The molecule has 1 amide bonds. The molecule has 2 aromatic rings. The molecule has 0 saturated heterocycles. The van der Waals surface area contributed by atoms with E-state index < -0.39 is 41.5 Å². The summed E-state index contributed by atoms with van der Waals surface area (Å²) < 4.78 is 64.0. The topological polar surface area (TPSA) is 59.0 Å². The average molecular weight is 401 g/mol. The average Bonchev–Trinajstić information content (AvgIpc) is 2.65. The summed E-state index contributed by atoms with van der Waals surface area (Å²) in [5.74, 6) is -0.956. The third-order valence-corrected chi connectivity index (χ3v) is 4.18. The van der Waals surface area contributed by atoms with E-state index >= 15 is 0 Å². The van der Waals surface area contributed by atoms with Crippen LogP contribution in [0.3, 0.4) is 0 Å². The number of methoxy groups -OCH3 is 1. The monoisotopic (exact) mass is 401 g/mol. The van der Waals surface area contributed by atoms with Crippen molar-refractivity contribution in [2.75, 3.05) is 12.2 Å². The molecule has 0 heterocycles. The number of benzene rings is 2. The fourth-order valence-electron chi connectivity index (χ4n) is 2.71. The summed E-state index contributed by atoms with van der Waals surface area (Å²) >= 11 is 0. The predicted molar refractivity (Wildman–Crippen MR) is 93.0 cm³/mol. The molecular weight excluding hydrogens is 382 g/mol. The largest absolute Gasteiger partial charge is 0.486 e. The summed E-state index contributed by atoms with van der Waals surface area (Å²) in [5.41, 5.74) is -0.686. The fourth-order valence-corrected chi connectivity index (χ4v) is 2.71. The Kier molecular flexibility index (Phi) is 6.50. The Bertz CT molecular complexity index is 868. The number of hydrogen-bond donors (Lipinski definition) is 1. The van der Waals surface area contributed by atoms with E-state index in [4.69, 9.17) is 4.74 Å². The number of ether oxygens (including phenoxy) is 2. The number of alkyl halides is 3. The van der Waals surface area contributed by atoms with Crippen molar-refractivity contribution in [3.05, 3.63) is 58.4 Å². The molecule has 1 N–H and O–H groups in total. The van der Waals surface area contributed by atoms with Crippen LogP contribution in [0.4, 0.5) is 28.0 Å². The minimum Gasteiger partial charge on any atom is -0.486 e. The van der Waals surface area contributed by atoms with Gasteiger partial charge in [-0.25, -0.2) is 9.18 Å². The zero-order valence-corrected chi connectivity index (χ0v) is 15.4. The van der Waals surface area contributed by atoms with Gasteiger partial charge in [0.05, 0.1) is 18.4 Å². The molecule has 0 fully saturated rings. The standard InChI is InChI=1S/C19H19F4NO4/c1-4-12-9-15(20)17(8-11(12)2)28-10-13-14(19(21,22)23)6-5-7-16(13)24(26)18(25)27-3/h5-9,26H,4,10H2,1-3H3. The van der Waals surface area contributed by atoms with Crippen LogP contribution < -0.4 is 9.80 Å². The Morgan fingerprint density at radius 3 is 2.50 bits per heavy atom. The second-order valence-electron chi connectivity index (χ2n) is 5.93. The van der Waals surface area contributed by atoms with E-state index in [-0.39, 0.29) is 10.8 Å². The lowest BCUT2D eigenvalue weighted by Crippen LogP contribution is -2.29. The lowest BCUT2D eigenvalue weighted by atomic mass is 10.0. The lowest BCUT2D eigenvalue weighted by molar-refractivity contribution is -0.138. The second-order valence-corrected chi connectivity index (χ2v) is 5.93. The van der Waals surface area contributed by atoms with Crippen LogP contribution in [0.5, 0.6) is 5.75 Å². The molecule has 28 heavy (non-hydrogen) atoms. The number of carbonyl (C=O) groups is 1. The third kappa shape index (κ3) is 4.53. The van der Waals surface area contributed by atoms with Crippen molar-refractivity contribution < 1.29 is 37.0 Å². The van der Waals surface area contributed by atoms with Gasteiger partial charge in [-0.15, -0.1) is 0 Å². The van der Waals surface area contributed by atoms with Gasteiger partial charge >= 0.3 is 12.3 Å².